The number of nitrogens with two attached hydrogens (primary N) is 1. The highest BCUT2D eigenvalue weighted by Crippen LogP contribution is 2.31. The van der Waals surface area contributed by atoms with Crippen molar-refractivity contribution in [3.05, 3.63) is 41.0 Å². The SMILES string of the molecule is Cc1ccc(CN2C(=O)Cc3c(N)nc(C)nc32)cn1. The standard InChI is InChI=1S/C14H15N5O/c1-8-3-4-10(6-16-8)7-19-12(20)5-11-13(15)17-9(2)18-14(11)19/h3-4,6H,5,7H2,1-2H3,(H2,15,17,18). The average molecular weight is 269 g/mol. The van der Waals surface area contributed by atoms with Gasteiger partial charge in [0.1, 0.15) is 17.5 Å². The van der Waals surface area contributed by atoms with E-state index in [9.17, 15) is 4.79 Å². The van der Waals surface area contributed by atoms with Crippen molar-refractivity contribution >= 4 is 17.5 Å². The van der Waals surface area contributed by atoms with Gasteiger partial charge in [0.05, 0.1) is 13.0 Å². The summed E-state index contributed by atoms with van der Waals surface area (Å²) in [6, 6.07) is 3.89. The maximum atomic E-state index is 12.1. The molecule has 0 saturated carbocycles. The molecule has 0 saturated heterocycles. The number of carbonyl (C=O) groups is 1. The summed E-state index contributed by atoms with van der Waals surface area (Å²) in [7, 11) is 0. The molecule has 0 aliphatic carbocycles. The van der Waals surface area contributed by atoms with E-state index >= 15 is 0 Å². The fourth-order valence-electron chi connectivity index (χ4n) is 2.30. The second-order valence-corrected chi connectivity index (χ2v) is 4.92. The Balaban J connectivity index is 1.96. The number of hydrogen-bond acceptors (Lipinski definition) is 5. The Labute approximate surface area is 116 Å². The van der Waals surface area contributed by atoms with Gasteiger partial charge in [-0.2, -0.15) is 0 Å². The number of anilines is 2. The number of nitrogen functional groups attached to an aromatic ring is 1. The van der Waals surface area contributed by atoms with Gasteiger partial charge >= 0.3 is 0 Å². The second kappa shape index (κ2) is 4.56. The Morgan fingerprint density at radius 2 is 2.10 bits per heavy atom. The predicted molar refractivity (Wildman–Crippen MR) is 75.0 cm³/mol. The first-order valence-electron chi connectivity index (χ1n) is 6.39. The van der Waals surface area contributed by atoms with Crippen LogP contribution in [0.1, 0.15) is 22.6 Å². The third kappa shape index (κ3) is 2.09. The third-order valence-electron chi connectivity index (χ3n) is 3.33. The van der Waals surface area contributed by atoms with E-state index < -0.39 is 0 Å². The molecule has 1 aliphatic heterocycles. The number of fused-ring (bicyclic) bond motifs is 1. The number of aryl methyl sites for hydroxylation is 2. The maximum Gasteiger partial charge on any atom is 0.233 e. The van der Waals surface area contributed by atoms with Crippen LogP contribution in [0.15, 0.2) is 18.3 Å². The van der Waals surface area contributed by atoms with Crippen molar-refractivity contribution < 1.29 is 4.79 Å². The van der Waals surface area contributed by atoms with E-state index in [1.165, 1.54) is 0 Å². The topological polar surface area (TPSA) is 85.0 Å². The molecule has 2 aromatic rings. The molecular weight excluding hydrogens is 254 g/mol. The van der Waals surface area contributed by atoms with Crippen molar-refractivity contribution in [1.82, 2.24) is 15.0 Å². The van der Waals surface area contributed by atoms with Crippen LogP contribution in [0.4, 0.5) is 11.6 Å². The monoisotopic (exact) mass is 269 g/mol. The number of rotatable bonds is 2. The summed E-state index contributed by atoms with van der Waals surface area (Å²) < 4.78 is 0. The second-order valence-electron chi connectivity index (χ2n) is 4.92. The fourth-order valence-corrected chi connectivity index (χ4v) is 2.30. The van der Waals surface area contributed by atoms with Gasteiger partial charge in [0.25, 0.3) is 0 Å². The minimum absolute atomic E-state index is 0.00725. The molecule has 0 atom stereocenters. The lowest BCUT2D eigenvalue weighted by Crippen LogP contribution is -2.26. The minimum Gasteiger partial charge on any atom is -0.383 e. The van der Waals surface area contributed by atoms with Crippen molar-refractivity contribution in [1.29, 1.82) is 0 Å². The smallest absolute Gasteiger partial charge is 0.233 e. The Morgan fingerprint density at radius 1 is 1.30 bits per heavy atom. The highest BCUT2D eigenvalue weighted by atomic mass is 16.2. The van der Waals surface area contributed by atoms with Crippen LogP contribution in [0.25, 0.3) is 0 Å². The van der Waals surface area contributed by atoms with Gasteiger partial charge in [0.15, 0.2) is 0 Å². The third-order valence-corrected chi connectivity index (χ3v) is 3.33. The molecular formula is C14H15N5O. The van der Waals surface area contributed by atoms with Gasteiger partial charge < -0.3 is 5.73 Å². The first kappa shape index (κ1) is 12.5. The van der Waals surface area contributed by atoms with E-state index in [-0.39, 0.29) is 12.3 Å². The Bertz CT molecular complexity index is 681. The van der Waals surface area contributed by atoms with Crippen LogP contribution in [0, 0.1) is 13.8 Å². The molecule has 102 valence electrons. The summed E-state index contributed by atoms with van der Waals surface area (Å²) in [5, 5.41) is 0. The number of carbonyl (C=O) groups excluding carboxylic acids is 1. The van der Waals surface area contributed by atoms with Gasteiger partial charge in [-0.15, -0.1) is 0 Å². The van der Waals surface area contributed by atoms with Crippen LogP contribution < -0.4 is 10.6 Å². The van der Waals surface area contributed by atoms with Crippen LogP contribution in [-0.4, -0.2) is 20.9 Å². The molecule has 3 heterocycles. The molecule has 20 heavy (non-hydrogen) atoms. The number of aromatic nitrogens is 3. The zero-order chi connectivity index (χ0) is 14.3. The first-order chi connectivity index (χ1) is 9.54. The molecule has 0 fully saturated rings. The van der Waals surface area contributed by atoms with Crippen LogP contribution in [-0.2, 0) is 17.8 Å². The molecule has 3 rings (SSSR count). The molecule has 6 heteroatoms. The summed E-state index contributed by atoms with van der Waals surface area (Å²) in [6.07, 6.45) is 2.04. The summed E-state index contributed by atoms with van der Waals surface area (Å²) in [5.41, 5.74) is 8.50. The largest absolute Gasteiger partial charge is 0.383 e. The van der Waals surface area contributed by atoms with Gasteiger partial charge in [-0.05, 0) is 25.5 Å². The van der Waals surface area contributed by atoms with E-state index in [4.69, 9.17) is 5.73 Å². The highest BCUT2D eigenvalue weighted by Gasteiger charge is 2.31. The molecule has 0 spiro atoms. The summed E-state index contributed by atoms with van der Waals surface area (Å²) in [6.45, 7) is 4.15. The summed E-state index contributed by atoms with van der Waals surface area (Å²) in [4.78, 5) is 26.5. The molecule has 1 aliphatic rings. The van der Waals surface area contributed by atoms with E-state index in [0.717, 1.165) is 16.8 Å². The molecule has 0 radical (unpaired) electrons. The van der Waals surface area contributed by atoms with Gasteiger partial charge in [0.2, 0.25) is 5.91 Å². The molecule has 0 bridgehead atoms. The van der Waals surface area contributed by atoms with Gasteiger partial charge in [-0.1, -0.05) is 6.07 Å². The van der Waals surface area contributed by atoms with Crippen LogP contribution in [0.5, 0.6) is 0 Å². The van der Waals surface area contributed by atoms with Gasteiger partial charge in [-0.3, -0.25) is 14.7 Å². The van der Waals surface area contributed by atoms with Crippen molar-refractivity contribution in [2.24, 2.45) is 0 Å². The van der Waals surface area contributed by atoms with Gasteiger partial charge in [0, 0.05) is 17.5 Å². The number of amides is 1. The Hall–Kier alpha value is -2.50. The molecule has 2 N–H and O–H groups in total. The van der Waals surface area contributed by atoms with E-state index in [1.807, 2.05) is 19.1 Å². The van der Waals surface area contributed by atoms with Crippen molar-refractivity contribution in [2.45, 2.75) is 26.8 Å². The molecule has 0 aromatic carbocycles. The van der Waals surface area contributed by atoms with E-state index in [2.05, 4.69) is 15.0 Å². The summed E-state index contributed by atoms with van der Waals surface area (Å²) in [5.74, 6) is 1.58. The normalized spacial score (nSPS) is 13.7. The Kier molecular flexibility index (Phi) is 2.85. The fraction of sp³-hybridized carbons (Fsp3) is 0.286. The zero-order valence-electron chi connectivity index (χ0n) is 11.4. The van der Waals surface area contributed by atoms with Crippen LogP contribution in [0.3, 0.4) is 0 Å². The number of nitrogens with zero attached hydrogens (tertiary/aromatic N) is 4. The quantitative estimate of drug-likeness (QED) is 0.884. The highest BCUT2D eigenvalue weighted by molar-refractivity contribution is 6.01. The van der Waals surface area contributed by atoms with Gasteiger partial charge in [-0.25, -0.2) is 9.97 Å². The van der Waals surface area contributed by atoms with Crippen molar-refractivity contribution in [3.63, 3.8) is 0 Å². The molecule has 0 unspecified atom stereocenters. The van der Waals surface area contributed by atoms with Crippen molar-refractivity contribution in [3.8, 4) is 0 Å². The van der Waals surface area contributed by atoms with Crippen LogP contribution in [0.2, 0.25) is 0 Å². The molecule has 1 amide bonds. The van der Waals surface area contributed by atoms with Crippen molar-refractivity contribution in [2.75, 3.05) is 10.6 Å². The summed E-state index contributed by atoms with van der Waals surface area (Å²) >= 11 is 0. The average Bonchev–Trinajstić information content (AvgIpc) is 2.70. The predicted octanol–water partition coefficient (Wildman–Crippen LogP) is 1.16. The Morgan fingerprint density at radius 3 is 2.80 bits per heavy atom. The number of hydrogen-bond donors (Lipinski definition) is 1. The van der Waals surface area contributed by atoms with E-state index in [1.54, 1.807) is 18.0 Å². The lowest BCUT2D eigenvalue weighted by atomic mass is 10.2. The zero-order valence-corrected chi connectivity index (χ0v) is 11.4. The van der Waals surface area contributed by atoms with Crippen LogP contribution >= 0.6 is 0 Å². The minimum atomic E-state index is -0.00725. The lowest BCUT2D eigenvalue weighted by molar-refractivity contribution is -0.117. The lowest BCUT2D eigenvalue weighted by Gasteiger charge is -2.16. The number of pyridine rings is 1. The van der Waals surface area contributed by atoms with E-state index in [0.29, 0.717) is 24.0 Å². The molecule has 2 aromatic heterocycles. The maximum absolute atomic E-state index is 12.1. The molecule has 6 nitrogen and oxygen atoms in total. The first-order valence-corrected chi connectivity index (χ1v) is 6.39.